The Morgan fingerprint density at radius 2 is 2.23 bits per heavy atom. The first-order chi connectivity index (χ1) is 6.18. The first kappa shape index (κ1) is 9.04. The molecule has 0 saturated carbocycles. The second-order valence-electron chi connectivity index (χ2n) is 3.75. The summed E-state index contributed by atoms with van der Waals surface area (Å²) in [6.07, 6.45) is 1.15. The molecule has 2 rings (SSSR count). The monoisotopic (exact) mass is 195 g/mol. The van der Waals surface area contributed by atoms with E-state index >= 15 is 0 Å². The smallest absolute Gasteiger partial charge is 0.0409 e. The standard InChI is InChI=1S/C11H14ClN/c1-8-11-7-10(12)4-3-9(11)5-6-13(8)2/h3-4,7-8H,5-6H2,1-2H3. The number of benzene rings is 1. The minimum atomic E-state index is 0.502. The van der Waals surface area contributed by atoms with E-state index in [1.807, 2.05) is 6.07 Å². The third-order valence-corrected chi connectivity index (χ3v) is 3.19. The molecule has 0 bridgehead atoms. The van der Waals surface area contributed by atoms with Crippen molar-refractivity contribution in [1.82, 2.24) is 4.90 Å². The van der Waals surface area contributed by atoms with Crippen LogP contribution in [0.4, 0.5) is 0 Å². The molecule has 1 aliphatic rings. The van der Waals surface area contributed by atoms with Crippen molar-refractivity contribution in [3.63, 3.8) is 0 Å². The van der Waals surface area contributed by atoms with Crippen LogP contribution in [-0.2, 0) is 6.42 Å². The minimum absolute atomic E-state index is 0.502. The Balaban J connectivity index is 2.45. The van der Waals surface area contributed by atoms with Crippen molar-refractivity contribution >= 4 is 11.6 Å². The molecule has 0 spiro atoms. The Labute approximate surface area is 84.3 Å². The lowest BCUT2D eigenvalue weighted by molar-refractivity contribution is 0.247. The van der Waals surface area contributed by atoms with Gasteiger partial charge in [0.2, 0.25) is 0 Å². The lowest BCUT2D eigenvalue weighted by Gasteiger charge is -2.32. The number of likely N-dealkylation sites (N-methyl/N-ethyl adjacent to an activating group) is 1. The Kier molecular flexibility index (Phi) is 2.31. The summed E-state index contributed by atoms with van der Waals surface area (Å²) in [5.74, 6) is 0. The molecule has 1 nitrogen and oxygen atoms in total. The van der Waals surface area contributed by atoms with Crippen LogP contribution in [0.3, 0.4) is 0 Å². The SMILES string of the molecule is CC1c2cc(Cl)ccc2CCN1C. The molecular weight excluding hydrogens is 182 g/mol. The molecule has 0 aromatic heterocycles. The van der Waals surface area contributed by atoms with Crippen LogP contribution in [0.2, 0.25) is 5.02 Å². The highest BCUT2D eigenvalue weighted by molar-refractivity contribution is 6.30. The average Bonchev–Trinajstić information content (AvgIpc) is 2.12. The molecule has 13 heavy (non-hydrogen) atoms. The summed E-state index contributed by atoms with van der Waals surface area (Å²) in [5.41, 5.74) is 2.84. The molecular formula is C11H14ClN. The third-order valence-electron chi connectivity index (χ3n) is 2.95. The number of rotatable bonds is 0. The summed E-state index contributed by atoms with van der Waals surface area (Å²) in [7, 11) is 2.16. The maximum atomic E-state index is 5.97. The molecule has 0 aliphatic carbocycles. The van der Waals surface area contributed by atoms with Crippen molar-refractivity contribution in [2.24, 2.45) is 0 Å². The van der Waals surface area contributed by atoms with Gasteiger partial charge in [-0.05, 0) is 43.7 Å². The lowest BCUT2D eigenvalue weighted by Crippen LogP contribution is -2.30. The normalized spacial score (nSPS) is 22.8. The summed E-state index contributed by atoms with van der Waals surface area (Å²) in [4.78, 5) is 2.36. The van der Waals surface area contributed by atoms with Crippen LogP contribution in [0, 0.1) is 0 Å². The highest BCUT2D eigenvalue weighted by Gasteiger charge is 2.20. The van der Waals surface area contributed by atoms with Crippen LogP contribution in [-0.4, -0.2) is 18.5 Å². The summed E-state index contributed by atoms with van der Waals surface area (Å²) in [6.45, 7) is 3.38. The zero-order valence-corrected chi connectivity index (χ0v) is 8.80. The van der Waals surface area contributed by atoms with E-state index in [0.717, 1.165) is 18.0 Å². The van der Waals surface area contributed by atoms with Gasteiger partial charge in [0.15, 0.2) is 0 Å². The van der Waals surface area contributed by atoms with Gasteiger partial charge >= 0.3 is 0 Å². The molecule has 0 N–H and O–H groups in total. The fraction of sp³-hybridized carbons (Fsp3) is 0.455. The number of hydrogen-bond acceptors (Lipinski definition) is 1. The maximum Gasteiger partial charge on any atom is 0.0409 e. The fourth-order valence-corrected chi connectivity index (χ4v) is 2.09. The molecule has 1 aromatic carbocycles. The number of hydrogen-bond donors (Lipinski definition) is 0. The molecule has 0 radical (unpaired) electrons. The van der Waals surface area contributed by atoms with Gasteiger partial charge < -0.3 is 0 Å². The van der Waals surface area contributed by atoms with Crippen LogP contribution in [0.25, 0.3) is 0 Å². The Morgan fingerprint density at radius 3 is 3.00 bits per heavy atom. The van der Waals surface area contributed by atoms with Gasteiger partial charge in [0.25, 0.3) is 0 Å². The van der Waals surface area contributed by atoms with E-state index < -0.39 is 0 Å². The van der Waals surface area contributed by atoms with E-state index in [1.54, 1.807) is 0 Å². The molecule has 0 amide bonds. The zero-order valence-electron chi connectivity index (χ0n) is 8.05. The zero-order chi connectivity index (χ0) is 9.42. The first-order valence-corrected chi connectivity index (χ1v) is 5.05. The van der Waals surface area contributed by atoms with Gasteiger partial charge in [-0.3, -0.25) is 4.90 Å². The summed E-state index contributed by atoms with van der Waals surface area (Å²) in [6, 6.07) is 6.74. The minimum Gasteiger partial charge on any atom is -0.299 e. The van der Waals surface area contributed by atoms with Crippen molar-refractivity contribution < 1.29 is 0 Å². The first-order valence-electron chi connectivity index (χ1n) is 4.67. The van der Waals surface area contributed by atoms with Crippen LogP contribution in [0.15, 0.2) is 18.2 Å². The van der Waals surface area contributed by atoms with Crippen molar-refractivity contribution in [2.75, 3.05) is 13.6 Å². The number of fused-ring (bicyclic) bond motifs is 1. The van der Waals surface area contributed by atoms with E-state index in [0.29, 0.717) is 6.04 Å². The van der Waals surface area contributed by atoms with Gasteiger partial charge in [0, 0.05) is 17.6 Å². The van der Waals surface area contributed by atoms with E-state index in [9.17, 15) is 0 Å². The van der Waals surface area contributed by atoms with Crippen molar-refractivity contribution in [3.8, 4) is 0 Å². The van der Waals surface area contributed by atoms with Gasteiger partial charge in [0.1, 0.15) is 0 Å². The molecule has 1 aromatic rings. The molecule has 2 heteroatoms. The topological polar surface area (TPSA) is 3.24 Å². The predicted octanol–water partition coefficient (Wildman–Crippen LogP) is 2.89. The summed E-state index contributed by atoms with van der Waals surface area (Å²) >= 11 is 5.97. The van der Waals surface area contributed by atoms with Gasteiger partial charge in [-0.2, -0.15) is 0 Å². The van der Waals surface area contributed by atoms with Crippen LogP contribution in [0.5, 0.6) is 0 Å². The molecule has 1 atom stereocenters. The molecule has 0 fully saturated rings. The molecule has 70 valence electrons. The van der Waals surface area contributed by atoms with Crippen LogP contribution >= 0.6 is 11.6 Å². The quantitative estimate of drug-likeness (QED) is 0.616. The van der Waals surface area contributed by atoms with Crippen molar-refractivity contribution in [1.29, 1.82) is 0 Å². The maximum absolute atomic E-state index is 5.97. The molecule has 1 aliphatic heterocycles. The van der Waals surface area contributed by atoms with E-state index in [2.05, 4.69) is 31.0 Å². The molecule has 0 saturated heterocycles. The van der Waals surface area contributed by atoms with Gasteiger partial charge in [0.05, 0.1) is 0 Å². The number of halogens is 1. The summed E-state index contributed by atoms with van der Waals surface area (Å²) < 4.78 is 0. The second-order valence-corrected chi connectivity index (χ2v) is 4.19. The lowest BCUT2D eigenvalue weighted by atomic mass is 9.94. The van der Waals surface area contributed by atoms with E-state index in [1.165, 1.54) is 11.1 Å². The fourth-order valence-electron chi connectivity index (χ4n) is 1.91. The van der Waals surface area contributed by atoms with E-state index in [4.69, 9.17) is 11.6 Å². The third kappa shape index (κ3) is 1.59. The van der Waals surface area contributed by atoms with Crippen LogP contribution in [0.1, 0.15) is 24.1 Å². The summed E-state index contributed by atoms with van der Waals surface area (Å²) in [5, 5.41) is 0.848. The molecule has 1 heterocycles. The van der Waals surface area contributed by atoms with Crippen molar-refractivity contribution in [2.45, 2.75) is 19.4 Å². The predicted molar refractivity (Wildman–Crippen MR) is 56.2 cm³/mol. The number of nitrogens with zero attached hydrogens (tertiary/aromatic N) is 1. The highest BCUT2D eigenvalue weighted by Crippen LogP contribution is 2.29. The second kappa shape index (κ2) is 3.32. The van der Waals surface area contributed by atoms with Gasteiger partial charge in [-0.25, -0.2) is 0 Å². The van der Waals surface area contributed by atoms with Crippen LogP contribution < -0.4 is 0 Å². The van der Waals surface area contributed by atoms with Crippen molar-refractivity contribution in [3.05, 3.63) is 34.3 Å². The Hall–Kier alpha value is -0.530. The van der Waals surface area contributed by atoms with Gasteiger partial charge in [-0.1, -0.05) is 17.7 Å². The Morgan fingerprint density at radius 1 is 1.46 bits per heavy atom. The van der Waals surface area contributed by atoms with Gasteiger partial charge in [-0.15, -0.1) is 0 Å². The largest absolute Gasteiger partial charge is 0.299 e. The average molecular weight is 196 g/mol. The Bertz CT molecular complexity index is 322. The highest BCUT2D eigenvalue weighted by atomic mass is 35.5. The molecule has 1 unspecified atom stereocenters. The van der Waals surface area contributed by atoms with E-state index in [-0.39, 0.29) is 0 Å².